The minimum atomic E-state index is -0.867. The van der Waals surface area contributed by atoms with Crippen molar-refractivity contribution in [1.82, 2.24) is 0 Å². The number of aliphatic hydroxyl groups excluding tert-OH is 2. The lowest BCUT2D eigenvalue weighted by Gasteiger charge is -2.10. The normalized spacial score (nSPS) is 12.6. The van der Waals surface area contributed by atoms with Crippen LogP contribution in [0.15, 0.2) is 18.2 Å². The molecule has 1 aromatic carbocycles. The Morgan fingerprint density at radius 3 is 2.79 bits per heavy atom. The maximum atomic E-state index is 13.2. The molecule has 0 radical (unpaired) electrons. The number of rotatable bonds is 4. The molecule has 1 aromatic rings. The average molecular weight is 311 g/mol. The molecule has 0 aromatic heterocycles. The summed E-state index contributed by atoms with van der Waals surface area (Å²) in [6.07, 6.45) is -0.867. The van der Waals surface area contributed by atoms with Gasteiger partial charge in [0.2, 0.25) is 0 Å². The van der Waals surface area contributed by atoms with Crippen LogP contribution in [0.25, 0.3) is 0 Å². The van der Waals surface area contributed by atoms with Crippen LogP contribution in [-0.2, 0) is 0 Å². The zero-order chi connectivity index (χ0) is 10.6. The third-order valence-electron chi connectivity index (χ3n) is 1.67. The molecule has 78 valence electrons. The molecular formula is C9H11FINO2. The van der Waals surface area contributed by atoms with Crippen LogP contribution in [0.4, 0.5) is 10.1 Å². The van der Waals surface area contributed by atoms with Gasteiger partial charge in [-0.15, -0.1) is 0 Å². The summed E-state index contributed by atoms with van der Waals surface area (Å²) < 4.78 is 14.0. The van der Waals surface area contributed by atoms with Gasteiger partial charge in [-0.05, 0) is 40.8 Å². The van der Waals surface area contributed by atoms with Crippen LogP contribution in [0.1, 0.15) is 0 Å². The highest BCUT2D eigenvalue weighted by Gasteiger charge is 2.05. The molecule has 0 saturated heterocycles. The van der Waals surface area contributed by atoms with Crippen molar-refractivity contribution in [3.05, 3.63) is 27.6 Å². The van der Waals surface area contributed by atoms with Crippen LogP contribution < -0.4 is 5.32 Å². The lowest BCUT2D eigenvalue weighted by atomic mass is 10.3. The Morgan fingerprint density at radius 1 is 1.50 bits per heavy atom. The summed E-state index contributed by atoms with van der Waals surface area (Å²) in [4.78, 5) is 0. The fourth-order valence-corrected chi connectivity index (χ4v) is 1.38. The van der Waals surface area contributed by atoms with E-state index < -0.39 is 6.10 Å². The molecule has 0 aliphatic heterocycles. The first-order chi connectivity index (χ1) is 6.63. The Hall–Kier alpha value is -0.400. The predicted molar refractivity (Wildman–Crippen MR) is 60.7 cm³/mol. The van der Waals surface area contributed by atoms with Gasteiger partial charge < -0.3 is 15.5 Å². The second-order valence-corrected chi connectivity index (χ2v) is 4.09. The van der Waals surface area contributed by atoms with E-state index in [4.69, 9.17) is 10.2 Å². The highest BCUT2D eigenvalue weighted by Crippen LogP contribution is 2.16. The number of hydrogen-bond acceptors (Lipinski definition) is 3. The van der Waals surface area contributed by atoms with Gasteiger partial charge in [-0.2, -0.15) is 0 Å². The van der Waals surface area contributed by atoms with Gasteiger partial charge in [0.25, 0.3) is 0 Å². The summed E-state index contributed by atoms with van der Waals surface area (Å²) in [5, 5.41) is 20.3. The first-order valence-electron chi connectivity index (χ1n) is 4.11. The molecule has 1 rings (SSSR count). The molecule has 1 unspecified atom stereocenters. The number of halogens is 2. The highest BCUT2D eigenvalue weighted by molar-refractivity contribution is 14.1. The summed E-state index contributed by atoms with van der Waals surface area (Å²) >= 11 is 2.01. The van der Waals surface area contributed by atoms with Crippen molar-refractivity contribution in [3.8, 4) is 0 Å². The van der Waals surface area contributed by atoms with Gasteiger partial charge in [0.15, 0.2) is 0 Å². The monoisotopic (exact) mass is 311 g/mol. The largest absolute Gasteiger partial charge is 0.394 e. The van der Waals surface area contributed by atoms with E-state index in [0.717, 1.165) is 3.57 Å². The predicted octanol–water partition coefficient (Wildman–Crippen LogP) is 1.20. The van der Waals surface area contributed by atoms with Gasteiger partial charge in [0.1, 0.15) is 5.82 Å². The molecule has 14 heavy (non-hydrogen) atoms. The Morgan fingerprint density at radius 2 is 2.21 bits per heavy atom. The third-order valence-corrected chi connectivity index (χ3v) is 2.34. The standard InChI is InChI=1S/C9H11FINO2/c10-8-3-6(11)1-2-9(8)12-4-7(14)5-13/h1-3,7,12-14H,4-5H2. The second-order valence-electron chi connectivity index (χ2n) is 2.84. The number of hydrogen-bond donors (Lipinski definition) is 3. The van der Waals surface area contributed by atoms with Crippen LogP contribution in [0, 0.1) is 9.39 Å². The van der Waals surface area contributed by atoms with Crippen LogP contribution >= 0.6 is 22.6 Å². The van der Waals surface area contributed by atoms with Crippen molar-refractivity contribution < 1.29 is 14.6 Å². The van der Waals surface area contributed by atoms with Crippen molar-refractivity contribution in [2.24, 2.45) is 0 Å². The van der Waals surface area contributed by atoms with Crippen molar-refractivity contribution in [2.75, 3.05) is 18.5 Å². The number of anilines is 1. The smallest absolute Gasteiger partial charge is 0.147 e. The molecule has 5 heteroatoms. The molecule has 0 saturated carbocycles. The summed E-state index contributed by atoms with van der Waals surface area (Å²) in [7, 11) is 0. The fourth-order valence-electron chi connectivity index (χ4n) is 0.925. The molecule has 1 atom stereocenters. The number of benzene rings is 1. The molecule has 0 spiro atoms. The molecule has 0 heterocycles. The van der Waals surface area contributed by atoms with Crippen LogP contribution in [-0.4, -0.2) is 29.5 Å². The van der Waals surface area contributed by atoms with Crippen LogP contribution in [0.3, 0.4) is 0 Å². The van der Waals surface area contributed by atoms with Gasteiger partial charge >= 0.3 is 0 Å². The van der Waals surface area contributed by atoms with E-state index >= 15 is 0 Å². The Bertz CT molecular complexity index is 309. The summed E-state index contributed by atoms with van der Waals surface area (Å²) in [5.74, 6) is -0.359. The van der Waals surface area contributed by atoms with E-state index in [1.165, 1.54) is 6.07 Å². The molecule has 3 N–H and O–H groups in total. The van der Waals surface area contributed by atoms with E-state index in [0.29, 0.717) is 5.69 Å². The molecule has 0 fully saturated rings. The summed E-state index contributed by atoms with van der Waals surface area (Å²) in [6, 6.07) is 4.76. The van der Waals surface area contributed by atoms with Gasteiger partial charge in [0.05, 0.1) is 18.4 Å². The SMILES string of the molecule is OCC(O)CNc1ccc(I)cc1F. The molecule has 0 amide bonds. The minimum Gasteiger partial charge on any atom is -0.394 e. The first-order valence-corrected chi connectivity index (χ1v) is 5.19. The van der Waals surface area contributed by atoms with Crippen molar-refractivity contribution in [1.29, 1.82) is 0 Å². The first kappa shape index (κ1) is 11.7. The van der Waals surface area contributed by atoms with Gasteiger partial charge in [0, 0.05) is 10.1 Å². The van der Waals surface area contributed by atoms with Gasteiger partial charge in [-0.25, -0.2) is 4.39 Å². The molecule has 3 nitrogen and oxygen atoms in total. The zero-order valence-electron chi connectivity index (χ0n) is 7.37. The van der Waals surface area contributed by atoms with E-state index in [1.54, 1.807) is 12.1 Å². The summed E-state index contributed by atoms with van der Waals surface area (Å²) in [5.41, 5.74) is 0.331. The second kappa shape index (κ2) is 5.47. The highest BCUT2D eigenvalue weighted by atomic mass is 127. The van der Waals surface area contributed by atoms with Crippen LogP contribution in [0.2, 0.25) is 0 Å². The van der Waals surface area contributed by atoms with Crippen LogP contribution in [0.5, 0.6) is 0 Å². The van der Waals surface area contributed by atoms with Crippen molar-refractivity contribution >= 4 is 28.3 Å². The Kier molecular flexibility index (Phi) is 4.56. The van der Waals surface area contributed by atoms with Gasteiger partial charge in [-0.1, -0.05) is 0 Å². The topological polar surface area (TPSA) is 52.5 Å². The number of nitrogens with one attached hydrogen (secondary N) is 1. The quantitative estimate of drug-likeness (QED) is 0.732. The maximum absolute atomic E-state index is 13.2. The fraction of sp³-hybridized carbons (Fsp3) is 0.333. The lowest BCUT2D eigenvalue weighted by molar-refractivity contribution is 0.105. The summed E-state index contributed by atoms with van der Waals surface area (Å²) in [6.45, 7) is -0.201. The maximum Gasteiger partial charge on any atom is 0.147 e. The van der Waals surface area contributed by atoms with E-state index in [2.05, 4.69) is 5.32 Å². The Balaban J connectivity index is 2.59. The van der Waals surface area contributed by atoms with Crippen molar-refractivity contribution in [3.63, 3.8) is 0 Å². The van der Waals surface area contributed by atoms with Gasteiger partial charge in [-0.3, -0.25) is 0 Å². The van der Waals surface area contributed by atoms with Crippen molar-refractivity contribution in [2.45, 2.75) is 6.10 Å². The molecular weight excluding hydrogens is 300 g/mol. The Labute approximate surface area is 95.1 Å². The third kappa shape index (κ3) is 3.39. The molecule has 0 aliphatic rings. The molecule has 0 aliphatic carbocycles. The average Bonchev–Trinajstić information content (AvgIpc) is 2.16. The zero-order valence-corrected chi connectivity index (χ0v) is 9.53. The van der Waals surface area contributed by atoms with E-state index in [-0.39, 0.29) is 19.0 Å². The number of aliphatic hydroxyl groups is 2. The van der Waals surface area contributed by atoms with E-state index in [1.807, 2.05) is 22.6 Å². The van der Waals surface area contributed by atoms with E-state index in [9.17, 15) is 4.39 Å². The molecule has 0 bridgehead atoms. The lowest BCUT2D eigenvalue weighted by Crippen LogP contribution is -2.23. The minimum absolute atomic E-state index is 0.133.